The fraction of sp³-hybridized carbons (Fsp3) is 0.699. The van der Waals surface area contributed by atoms with E-state index < -0.39 is 41.6 Å². The number of sulfonamides is 2. The molecule has 0 atom stereocenters. The van der Waals surface area contributed by atoms with E-state index in [4.69, 9.17) is 11.6 Å². The molecular weight excluding hydrogens is 1760 g/mol. The van der Waals surface area contributed by atoms with Crippen LogP contribution < -0.4 is 52.0 Å². The van der Waals surface area contributed by atoms with Crippen molar-refractivity contribution < 1.29 is 64.4 Å². The number of amides is 10. The summed E-state index contributed by atoms with van der Waals surface area (Å²) in [7, 11) is -1.68. The average molecular weight is 1950 g/mol. The van der Waals surface area contributed by atoms with Gasteiger partial charge in [0.05, 0.1) is 12.5 Å². The zero-order chi connectivity index (χ0) is 107. The molecule has 0 unspecified atom stereocenters. The van der Waals surface area contributed by atoms with E-state index in [0.717, 1.165) is 37.6 Å². The normalized spacial score (nSPS) is 12.4. The third kappa shape index (κ3) is 57.6. The second-order valence-electron chi connectivity index (χ2n) is 42.7. The van der Waals surface area contributed by atoms with Crippen LogP contribution in [0.1, 0.15) is 367 Å². The van der Waals surface area contributed by atoms with Crippen LogP contribution in [0.15, 0.2) is 91.4 Å². The van der Waals surface area contributed by atoms with Gasteiger partial charge in [-0.3, -0.25) is 48.1 Å². The molecule has 1 aliphatic rings. The van der Waals surface area contributed by atoms with E-state index in [2.05, 4.69) is 207 Å². The van der Waals surface area contributed by atoms with E-state index in [1.54, 1.807) is 44.2 Å². The Bertz CT molecular complexity index is 4370. The smallest absolute Gasteiger partial charge is 0.315 e. The SMILES string of the molecule is CC(=O)N(C)C(C)(C)C(C)C.CC(=O)Nc1ccc(C(C)C)cc1.CC(C)C(C)(C)NC(=O)C(=O)N(C)C.CC(C)C(C)(C)NC(=O)C1CC1.CC(C)C(C)(C)NC(=O)c1ccc(F)cc1.CC(C)C(C)(C)NC(=O)c1cnccn1.CC(C)C(C)(C)NS(=O)(=O)C(C)(C)Cl.CC(C)c1ccc(NS(C)(=O)=O)cc1.CCCCC(=O)NC(C)(C)C(C)C.CCNC(=O)NC(C)(C)C(C)C. The van der Waals surface area contributed by atoms with Gasteiger partial charge in [-0.25, -0.2) is 35.7 Å². The number of halogens is 2. The average Bonchev–Trinajstić information content (AvgIpc) is 1.26. The van der Waals surface area contributed by atoms with E-state index in [9.17, 15) is 64.4 Å². The summed E-state index contributed by atoms with van der Waals surface area (Å²) in [5.74, 6) is 3.14. The van der Waals surface area contributed by atoms with Gasteiger partial charge in [-0.05, 0) is 270 Å². The topological polar surface area (TPSA) is 374 Å². The zero-order valence-corrected chi connectivity index (χ0v) is 93.8. The molecule has 0 bridgehead atoms. The number of hydrogen-bond donors (Lipinski definition) is 10. The van der Waals surface area contributed by atoms with Crippen molar-refractivity contribution in [3.8, 4) is 0 Å². The van der Waals surface area contributed by atoms with Gasteiger partial charge in [-0.2, -0.15) is 0 Å². The second-order valence-corrected chi connectivity index (χ2v) is 47.8. The lowest BCUT2D eigenvalue weighted by molar-refractivity contribution is -0.145. The minimum absolute atomic E-state index is 0.0303. The van der Waals surface area contributed by atoms with Gasteiger partial charge in [-0.15, -0.1) is 11.6 Å². The number of anilines is 2. The van der Waals surface area contributed by atoms with Crippen LogP contribution in [0, 0.1) is 59.1 Å². The van der Waals surface area contributed by atoms with E-state index in [1.165, 1.54) is 73.5 Å². The highest BCUT2D eigenvalue weighted by Crippen LogP contribution is 2.31. The number of hydrogen-bond acceptors (Lipinski definition) is 15. The molecule has 1 heterocycles. The molecule has 0 aliphatic heterocycles. The molecule has 772 valence electrons. The molecule has 31 heteroatoms. The molecule has 1 saturated carbocycles. The fourth-order valence-electron chi connectivity index (χ4n) is 8.86. The van der Waals surface area contributed by atoms with Crippen LogP contribution in [-0.4, -0.2) is 172 Å². The monoisotopic (exact) mass is 1950 g/mol. The molecule has 0 spiro atoms. The number of nitrogens with zero attached hydrogens (tertiary/aromatic N) is 4. The van der Waals surface area contributed by atoms with Crippen LogP contribution in [0.5, 0.6) is 0 Å². The molecule has 1 fully saturated rings. The maximum absolute atomic E-state index is 12.7. The first-order valence-electron chi connectivity index (χ1n) is 47.2. The minimum atomic E-state index is -3.49. The Hall–Kier alpha value is -8.35. The van der Waals surface area contributed by atoms with Crippen molar-refractivity contribution in [1.29, 1.82) is 0 Å². The Morgan fingerprint density at radius 3 is 1.16 bits per heavy atom. The molecule has 1 aliphatic carbocycles. The standard InChI is InChI=1S/C13H18FNO.C11H17N3O.C11H15NO.C11H23NO.C10H20N2O2.C10H15NO2S.C10H19NO.C9H20ClNO2S.C9H20N2O.C9H19NO/c1-9(2)13(3,4)15-12(16)10-5-7-11(14)8-6-10;1-8(2)11(3,4)14-10(15)9-7-12-5-6-13-9;1-8(2)10-4-6-11(7-5-10)12-9(3)13;1-6-7-8-10(13)12-11(4,5)9(2)3;1-7(2)10(3,4)11-8(13)9(14)12(5)6;1-8(2)9-4-6-10(7-5-9)11-14(3,12)13;1-7(2)10(3,4)11-9(12)8-5-6-8;1-7(2)8(3,4)11-14(12,13)9(5,6)10;1-6-10-8(12)11-9(4,5)7(2)3;1-7(2)9(4,5)10(6)8(3)11/h5-9H,1-4H3,(H,15,16);5-8H,1-4H3,(H,14,15);4-8H,1-3H3,(H,12,13);9H,6-8H2,1-5H3,(H,12,13);7H,1-6H3,(H,11,13);4-8,11H,1-3H3;7-8H,5-6H2,1-4H3,(H,11,12);7,11H,1-6H3;7H,6H2,1-5H3,(H2,10,11,12);7H,1-6H3. The summed E-state index contributed by atoms with van der Waals surface area (Å²) in [6.45, 7) is 84.2. The van der Waals surface area contributed by atoms with Gasteiger partial charge in [0, 0.05) is 128 Å². The van der Waals surface area contributed by atoms with Crippen LogP contribution in [0.4, 0.5) is 20.6 Å². The number of urea groups is 1. The van der Waals surface area contributed by atoms with Crippen LogP contribution >= 0.6 is 11.6 Å². The molecule has 27 nitrogen and oxygen atoms in total. The van der Waals surface area contributed by atoms with Crippen molar-refractivity contribution in [2.45, 2.75) is 383 Å². The highest BCUT2D eigenvalue weighted by Gasteiger charge is 2.39. The van der Waals surface area contributed by atoms with Gasteiger partial charge in [0.2, 0.25) is 43.7 Å². The summed E-state index contributed by atoms with van der Waals surface area (Å²) in [4.78, 5) is 113. The highest BCUT2D eigenvalue weighted by molar-refractivity contribution is 7.92. The Labute approximate surface area is 817 Å². The largest absolute Gasteiger partial charge is 0.351 e. The summed E-state index contributed by atoms with van der Waals surface area (Å²) in [5, 5.41) is 23.0. The Morgan fingerprint density at radius 1 is 0.478 bits per heavy atom. The fourth-order valence-corrected chi connectivity index (χ4v) is 10.7. The summed E-state index contributed by atoms with van der Waals surface area (Å²) in [5.41, 5.74) is 3.12. The zero-order valence-electron chi connectivity index (χ0n) is 91.4. The number of benzene rings is 3. The Morgan fingerprint density at radius 2 is 0.851 bits per heavy atom. The van der Waals surface area contributed by atoms with Crippen molar-refractivity contribution in [3.05, 3.63) is 120 Å². The van der Waals surface area contributed by atoms with Gasteiger partial charge in [0.25, 0.3) is 11.8 Å². The number of likely N-dealkylation sites (N-methyl/N-ethyl adjacent to an activating group) is 1. The minimum Gasteiger partial charge on any atom is -0.351 e. The summed E-state index contributed by atoms with van der Waals surface area (Å²) >= 11 is 5.79. The summed E-state index contributed by atoms with van der Waals surface area (Å²) in [6.07, 6.45) is 10.6. The Kier molecular flexibility index (Phi) is 60.4. The quantitative estimate of drug-likeness (QED) is 0.0171. The van der Waals surface area contributed by atoms with Gasteiger partial charge in [0.15, 0.2) is 4.21 Å². The maximum atomic E-state index is 12.7. The number of nitrogens with one attached hydrogen (secondary N) is 10. The first kappa shape index (κ1) is 134. The number of aromatic nitrogens is 2. The van der Waals surface area contributed by atoms with E-state index in [0.29, 0.717) is 83.2 Å². The molecule has 0 saturated heterocycles. The molecule has 10 N–H and O–H groups in total. The number of carbonyl (C=O) groups excluding carboxylic acids is 9. The number of unbranched alkanes of at least 4 members (excludes halogenated alkanes) is 1. The lowest BCUT2D eigenvalue weighted by Gasteiger charge is -2.38. The van der Waals surface area contributed by atoms with Crippen LogP contribution in [-0.2, 0) is 48.8 Å². The van der Waals surface area contributed by atoms with Gasteiger partial charge >= 0.3 is 17.8 Å². The van der Waals surface area contributed by atoms with E-state index >= 15 is 0 Å². The first-order chi connectivity index (χ1) is 60.3. The number of carbonyl (C=O) groups is 9. The molecular formula is C103H186ClFN14O13S2. The van der Waals surface area contributed by atoms with Crippen molar-refractivity contribution in [1.82, 2.24) is 61.7 Å². The van der Waals surface area contributed by atoms with Crippen molar-refractivity contribution in [2.75, 3.05) is 44.0 Å². The predicted octanol–water partition coefficient (Wildman–Crippen LogP) is 20.8. The van der Waals surface area contributed by atoms with Gasteiger partial charge < -0.3 is 52.3 Å². The van der Waals surface area contributed by atoms with E-state index in [-0.39, 0.29) is 97.9 Å². The summed E-state index contributed by atoms with van der Waals surface area (Å²) < 4.78 is 61.7. The molecule has 10 amide bonds. The van der Waals surface area contributed by atoms with Crippen LogP contribution in [0.3, 0.4) is 0 Å². The van der Waals surface area contributed by atoms with Crippen molar-refractivity contribution >= 4 is 96.3 Å². The molecule has 5 rings (SSSR count). The molecule has 4 aromatic rings. The van der Waals surface area contributed by atoms with Gasteiger partial charge in [-0.1, -0.05) is 176 Å². The lowest BCUT2D eigenvalue weighted by Crippen LogP contribution is -2.52. The van der Waals surface area contributed by atoms with E-state index in [1.807, 2.05) is 161 Å². The highest BCUT2D eigenvalue weighted by atomic mass is 35.5. The van der Waals surface area contributed by atoms with Crippen LogP contribution in [0.25, 0.3) is 0 Å². The third-order valence-corrected chi connectivity index (χ3v) is 28.2. The lowest BCUT2D eigenvalue weighted by atomic mass is 9.89. The molecule has 0 radical (unpaired) electrons. The van der Waals surface area contributed by atoms with Crippen LogP contribution in [0.2, 0.25) is 0 Å². The van der Waals surface area contributed by atoms with Gasteiger partial charge in [0.1, 0.15) is 11.5 Å². The number of alkyl halides is 1. The maximum Gasteiger partial charge on any atom is 0.315 e. The molecule has 1 aromatic heterocycles. The van der Waals surface area contributed by atoms with Crippen molar-refractivity contribution in [2.24, 2.45) is 53.3 Å². The molecule has 3 aromatic carbocycles. The second kappa shape index (κ2) is 60.4. The third-order valence-electron chi connectivity index (χ3n) is 24.9. The molecule has 134 heavy (non-hydrogen) atoms. The first-order valence-corrected chi connectivity index (χ1v) is 50.9. The van der Waals surface area contributed by atoms with Crippen molar-refractivity contribution in [3.63, 3.8) is 0 Å². The predicted molar refractivity (Wildman–Crippen MR) is 557 cm³/mol. The number of rotatable bonds is 30. The Balaban J connectivity index is -0.000000461. The summed E-state index contributed by atoms with van der Waals surface area (Å²) in [6, 6.07) is 20.8.